The number of hydrogen-bond donors (Lipinski definition) is 1. The van der Waals surface area contributed by atoms with Gasteiger partial charge in [0, 0.05) is 40.5 Å². The quantitative estimate of drug-likeness (QED) is 0.664. The van der Waals surface area contributed by atoms with Crippen LogP contribution in [0.2, 0.25) is 0 Å². The van der Waals surface area contributed by atoms with Crippen LogP contribution < -0.4 is 10.3 Å². The Morgan fingerprint density at radius 2 is 1.90 bits per heavy atom. The lowest BCUT2D eigenvalue weighted by molar-refractivity contribution is 0.0613. The van der Waals surface area contributed by atoms with Crippen LogP contribution in [0.25, 0.3) is 10.9 Å². The number of nitrogens with zero attached hydrogens (tertiary/aromatic N) is 2. The van der Waals surface area contributed by atoms with Crippen LogP contribution in [-0.2, 0) is 6.54 Å². The van der Waals surface area contributed by atoms with E-state index in [9.17, 15) is 9.59 Å². The van der Waals surface area contributed by atoms with Crippen molar-refractivity contribution in [1.29, 1.82) is 0 Å². The number of aromatic amines is 1. The number of benzene rings is 1. The van der Waals surface area contributed by atoms with Gasteiger partial charge in [0.1, 0.15) is 5.75 Å². The van der Waals surface area contributed by atoms with E-state index < -0.39 is 0 Å². The molecular formula is C24H27N3O3. The van der Waals surface area contributed by atoms with Crippen LogP contribution in [0, 0.1) is 0 Å². The molecule has 1 fully saturated rings. The Balaban J connectivity index is 1.69. The summed E-state index contributed by atoms with van der Waals surface area (Å²) < 4.78 is 5.59. The molecule has 156 valence electrons. The highest BCUT2D eigenvalue weighted by Gasteiger charge is 2.27. The zero-order valence-electron chi connectivity index (χ0n) is 17.3. The van der Waals surface area contributed by atoms with Crippen LogP contribution in [0.1, 0.15) is 54.9 Å². The summed E-state index contributed by atoms with van der Waals surface area (Å²) in [5, 5.41) is 0.899. The standard InChI is InChI=1S/C24H27N3O3/c1-2-30-21-8-9-22-18(15-21)14-19(23(28)26-22)16-27(20-6-4-3-5-7-20)24(29)17-10-12-25-13-11-17/h8-15,20H,2-7,16H2,1H3,(H,26,28). The van der Waals surface area contributed by atoms with E-state index >= 15 is 0 Å². The zero-order chi connectivity index (χ0) is 20.9. The van der Waals surface area contributed by atoms with Crippen molar-refractivity contribution in [1.82, 2.24) is 14.9 Å². The van der Waals surface area contributed by atoms with Gasteiger partial charge in [0.25, 0.3) is 11.5 Å². The molecule has 3 aromatic rings. The molecule has 0 radical (unpaired) electrons. The third kappa shape index (κ3) is 4.37. The third-order valence-electron chi connectivity index (χ3n) is 5.75. The average Bonchev–Trinajstić information content (AvgIpc) is 2.79. The molecule has 1 saturated carbocycles. The molecule has 2 aromatic heterocycles. The molecule has 4 rings (SSSR count). The Labute approximate surface area is 175 Å². The van der Waals surface area contributed by atoms with Crippen molar-refractivity contribution in [2.45, 2.75) is 51.6 Å². The van der Waals surface area contributed by atoms with Gasteiger partial charge in [-0.05, 0) is 56.2 Å². The summed E-state index contributed by atoms with van der Waals surface area (Å²) in [5.41, 5.74) is 1.79. The van der Waals surface area contributed by atoms with E-state index in [2.05, 4.69) is 9.97 Å². The van der Waals surface area contributed by atoms with E-state index in [1.165, 1.54) is 6.42 Å². The second-order valence-electron chi connectivity index (χ2n) is 7.77. The summed E-state index contributed by atoms with van der Waals surface area (Å²) in [6.45, 7) is 2.81. The highest BCUT2D eigenvalue weighted by atomic mass is 16.5. The molecule has 1 aliphatic carbocycles. The molecule has 0 spiro atoms. The molecule has 6 heteroatoms. The summed E-state index contributed by atoms with van der Waals surface area (Å²) in [6.07, 6.45) is 8.61. The maximum Gasteiger partial charge on any atom is 0.254 e. The number of amides is 1. The van der Waals surface area contributed by atoms with Crippen LogP contribution in [-0.4, -0.2) is 33.4 Å². The van der Waals surface area contributed by atoms with Gasteiger partial charge >= 0.3 is 0 Å². The zero-order valence-corrected chi connectivity index (χ0v) is 17.3. The van der Waals surface area contributed by atoms with Gasteiger partial charge in [-0.15, -0.1) is 0 Å². The monoisotopic (exact) mass is 405 g/mol. The number of ether oxygens (including phenoxy) is 1. The van der Waals surface area contributed by atoms with Crippen molar-refractivity contribution >= 4 is 16.8 Å². The SMILES string of the molecule is CCOc1ccc2[nH]c(=O)c(CN(C(=O)c3ccncc3)C3CCCCC3)cc2c1. The summed E-state index contributed by atoms with van der Waals surface area (Å²) in [6, 6.07) is 11.1. The molecule has 0 bridgehead atoms. The minimum Gasteiger partial charge on any atom is -0.494 e. The van der Waals surface area contributed by atoms with E-state index in [0.717, 1.165) is 42.3 Å². The Morgan fingerprint density at radius 3 is 2.63 bits per heavy atom. The number of pyridine rings is 2. The first-order valence-corrected chi connectivity index (χ1v) is 10.7. The van der Waals surface area contributed by atoms with E-state index in [-0.39, 0.29) is 24.1 Å². The van der Waals surface area contributed by atoms with Gasteiger partial charge in [0.2, 0.25) is 0 Å². The molecule has 2 heterocycles. The van der Waals surface area contributed by atoms with Crippen molar-refractivity contribution in [3.8, 4) is 5.75 Å². The van der Waals surface area contributed by atoms with Crippen LogP contribution in [0.5, 0.6) is 5.75 Å². The molecule has 1 aliphatic rings. The summed E-state index contributed by atoms with van der Waals surface area (Å²) >= 11 is 0. The van der Waals surface area contributed by atoms with Gasteiger partial charge in [-0.25, -0.2) is 0 Å². The Bertz CT molecular complexity index is 1070. The number of carbonyl (C=O) groups is 1. The van der Waals surface area contributed by atoms with Crippen LogP contribution in [0.15, 0.2) is 53.6 Å². The maximum atomic E-state index is 13.3. The smallest absolute Gasteiger partial charge is 0.254 e. The Kier molecular flexibility index (Phi) is 6.12. The fourth-order valence-electron chi connectivity index (χ4n) is 4.21. The maximum absolute atomic E-state index is 13.3. The Hall–Kier alpha value is -3.15. The predicted octanol–water partition coefficient (Wildman–Crippen LogP) is 4.30. The third-order valence-corrected chi connectivity index (χ3v) is 5.75. The van der Waals surface area contributed by atoms with Gasteiger partial charge in [-0.2, -0.15) is 0 Å². The van der Waals surface area contributed by atoms with Gasteiger partial charge < -0.3 is 14.6 Å². The van der Waals surface area contributed by atoms with Gasteiger partial charge in [-0.1, -0.05) is 19.3 Å². The normalized spacial score (nSPS) is 14.6. The van der Waals surface area contributed by atoms with E-state index in [4.69, 9.17) is 4.74 Å². The lowest BCUT2D eigenvalue weighted by atomic mass is 9.93. The average molecular weight is 405 g/mol. The first-order chi connectivity index (χ1) is 14.7. The van der Waals surface area contributed by atoms with Crippen LogP contribution in [0.4, 0.5) is 0 Å². The molecule has 0 atom stereocenters. The number of nitrogens with one attached hydrogen (secondary N) is 1. The van der Waals surface area contributed by atoms with Gasteiger partial charge in [0.15, 0.2) is 0 Å². The molecule has 1 aromatic carbocycles. The molecule has 0 aliphatic heterocycles. The topological polar surface area (TPSA) is 75.3 Å². The van der Waals surface area contributed by atoms with Crippen LogP contribution >= 0.6 is 0 Å². The first-order valence-electron chi connectivity index (χ1n) is 10.7. The Morgan fingerprint density at radius 1 is 1.13 bits per heavy atom. The van der Waals surface area contributed by atoms with E-state index in [0.29, 0.717) is 17.7 Å². The van der Waals surface area contributed by atoms with E-state index in [1.54, 1.807) is 24.5 Å². The molecule has 1 N–H and O–H groups in total. The fourth-order valence-corrected chi connectivity index (χ4v) is 4.21. The summed E-state index contributed by atoms with van der Waals surface area (Å²) in [5.74, 6) is 0.715. The number of fused-ring (bicyclic) bond motifs is 1. The fraction of sp³-hybridized carbons (Fsp3) is 0.375. The number of H-pyrrole nitrogens is 1. The lowest BCUT2D eigenvalue weighted by Crippen LogP contribution is -2.42. The second-order valence-corrected chi connectivity index (χ2v) is 7.77. The highest BCUT2D eigenvalue weighted by molar-refractivity contribution is 5.94. The molecule has 6 nitrogen and oxygen atoms in total. The van der Waals surface area contributed by atoms with Crippen LogP contribution in [0.3, 0.4) is 0 Å². The van der Waals surface area contributed by atoms with Crippen molar-refractivity contribution in [2.24, 2.45) is 0 Å². The van der Waals surface area contributed by atoms with E-state index in [1.807, 2.05) is 36.1 Å². The molecular weight excluding hydrogens is 378 g/mol. The first kappa shape index (κ1) is 20.1. The largest absolute Gasteiger partial charge is 0.494 e. The number of aromatic nitrogens is 2. The highest BCUT2D eigenvalue weighted by Crippen LogP contribution is 2.26. The molecule has 0 unspecified atom stereocenters. The lowest BCUT2D eigenvalue weighted by Gasteiger charge is -2.34. The molecule has 30 heavy (non-hydrogen) atoms. The predicted molar refractivity (Wildman–Crippen MR) is 117 cm³/mol. The second kappa shape index (κ2) is 9.11. The summed E-state index contributed by atoms with van der Waals surface area (Å²) in [7, 11) is 0. The number of carbonyl (C=O) groups excluding carboxylic acids is 1. The number of hydrogen-bond acceptors (Lipinski definition) is 4. The van der Waals surface area contributed by atoms with Crippen molar-refractivity contribution in [3.05, 3.63) is 70.3 Å². The van der Waals surface area contributed by atoms with Crippen molar-refractivity contribution < 1.29 is 9.53 Å². The minimum atomic E-state index is -0.157. The summed E-state index contributed by atoms with van der Waals surface area (Å²) in [4.78, 5) is 35.0. The molecule has 1 amide bonds. The van der Waals surface area contributed by atoms with Gasteiger partial charge in [-0.3, -0.25) is 14.6 Å². The van der Waals surface area contributed by atoms with Crippen molar-refractivity contribution in [3.63, 3.8) is 0 Å². The number of rotatable bonds is 6. The van der Waals surface area contributed by atoms with Crippen molar-refractivity contribution in [2.75, 3.05) is 6.61 Å². The molecule has 0 saturated heterocycles. The van der Waals surface area contributed by atoms with Gasteiger partial charge in [0.05, 0.1) is 13.2 Å². The minimum absolute atomic E-state index is 0.0492.